The van der Waals surface area contributed by atoms with Crippen LogP contribution in [0, 0.1) is 0 Å². The first-order valence-corrected chi connectivity index (χ1v) is 11.2. The highest BCUT2D eigenvalue weighted by Gasteiger charge is 2.30. The molecule has 6 heteroatoms. The van der Waals surface area contributed by atoms with E-state index in [1.807, 2.05) is 60.8 Å². The van der Waals surface area contributed by atoms with E-state index in [2.05, 4.69) is 4.57 Å². The Morgan fingerprint density at radius 3 is 2.35 bits per heavy atom. The number of benzene rings is 3. The molecule has 1 aromatic heterocycles. The number of carboxylic acids is 1. The van der Waals surface area contributed by atoms with Crippen molar-refractivity contribution in [3.8, 4) is 11.5 Å². The average molecular weight is 458 g/mol. The lowest BCUT2D eigenvalue weighted by molar-refractivity contribution is -0.152. The van der Waals surface area contributed by atoms with E-state index < -0.39 is 11.6 Å². The van der Waals surface area contributed by atoms with Crippen LogP contribution in [0.3, 0.4) is 0 Å². The molecule has 0 aliphatic rings. The highest BCUT2D eigenvalue weighted by atomic mass is 16.5. The summed E-state index contributed by atoms with van der Waals surface area (Å²) in [5.41, 5.74) is 0.803. The van der Waals surface area contributed by atoms with Crippen LogP contribution in [0.15, 0.2) is 85.1 Å². The van der Waals surface area contributed by atoms with E-state index in [4.69, 9.17) is 9.47 Å². The monoisotopic (exact) mass is 457 g/mol. The first-order chi connectivity index (χ1) is 16.4. The van der Waals surface area contributed by atoms with Gasteiger partial charge in [-0.05, 0) is 50.6 Å². The number of para-hydroxylation sites is 1. The number of ether oxygens (including phenoxy) is 2. The summed E-state index contributed by atoms with van der Waals surface area (Å²) in [6.45, 7) is 4.21. The van der Waals surface area contributed by atoms with Gasteiger partial charge < -0.3 is 19.1 Å². The number of aliphatic carboxylic acids is 1. The molecule has 0 spiro atoms. The number of ketones is 1. The van der Waals surface area contributed by atoms with Gasteiger partial charge in [-0.25, -0.2) is 4.79 Å². The summed E-state index contributed by atoms with van der Waals surface area (Å²) in [4.78, 5) is 24.3. The molecule has 0 aliphatic heterocycles. The normalized spacial score (nSPS) is 11.4. The second-order valence-electron chi connectivity index (χ2n) is 8.51. The van der Waals surface area contributed by atoms with E-state index in [1.165, 1.54) is 13.8 Å². The van der Waals surface area contributed by atoms with Crippen molar-refractivity contribution in [1.29, 1.82) is 0 Å². The van der Waals surface area contributed by atoms with Gasteiger partial charge in [-0.3, -0.25) is 4.79 Å². The third kappa shape index (κ3) is 4.96. The molecule has 0 saturated heterocycles. The van der Waals surface area contributed by atoms with E-state index in [1.54, 1.807) is 24.3 Å². The molecule has 4 aromatic rings. The second-order valence-corrected chi connectivity index (χ2v) is 8.51. The van der Waals surface area contributed by atoms with E-state index in [-0.39, 0.29) is 5.78 Å². The van der Waals surface area contributed by atoms with Crippen LogP contribution in [-0.4, -0.2) is 33.6 Å². The van der Waals surface area contributed by atoms with Crippen molar-refractivity contribution >= 4 is 22.7 Å². The molecule has 34 heavy (non-hydrogen) atoms. The number of hydrogen-bond donors (Lipinski definition) is 1. The largest absolute Gasteiger partial charge is 0.493 e. The Morgan fingerprint density at radius 1 is 0.882 bits per heavy atom. The van der Waals surface area contributed by atoms with Gasteiger partial charge in [0.25, 0.3) is 0 Å². The van der Waals surface area contributed by atoms with E-state index in [0.29, 0.717) is 35.8 Å². The van der Waals surface area contributed by atoms with Crippen LogP contribution in [0.2, 0.25) is 0 Å². The smallest absolute Gasteiger partial charge is 0.347 e. The van der Waals surface area contributed by atoms with Gasteiger partial charge in [-0.2, -0.15) is 0 Å². The molecule has 0 amide bonds. The summed E-state index contributed by atoms with van der Waals surface area (Å²) in [5, 5.41) is 10.2. The highest BCUT2D eigenvalue weighted by molar-refractivity contribution is 6.10. The Labute approximate surface area is 198 Å². The number of hydrogen-bond acceptors (Lipinski definition) is 4. The zero-order valence-electron chi connectivity index (χ0n) is 19.2. The first kappa shape index (κ1) is 23.1. The van der Waals surface area contributed by atoms with Crippen molar-refractivity contribution in [2.75, 3.05) is 6.61 Å². The Hall–Kier alpha value is -4.06. The molecule has 1 N–H and O–H groups in total. The summed E-state index contributed by atoms with van der Waals surface area (Å²) in [6.07, 6.45) is 2.68. The standard InChI is InChI=1S/C28H27NO5/c1-28(2,27(31)32)34-25-15-8-13-23-21(25)16-18-29(23)17-9-19-33-24-14-7-6-12-22(24)26(30)20-10-4-3-5-11-20/h3-8,10-16,18H,9,17,19H2,1-2H3,(H,31,32). The van der Waals surface area contributed by atoms with Gasteiger partial charge in [0.15, 0.2) is 11.4 Å². The second kappa shape index (κ2) is 9.83. The lowest BCUT2D eigenvalue weighted by Gasteiger charge is -2.22. The van der Waals surface area contributed by atoms with Crippen LogP contribution in [0.25, 0.3) is 10.9 Å². The number of aryl methyl sites for hydroxylation is 1. The fourth-order valence-electron chi connectivity index (χ4n) is 3.74. The Balaban J connectivity index is 1.42. The van der Waals surface area contributed by atoms with E-state index in [0.717, 1.165) is 17.3 Å². The third-order valence-electron chi connectivity index (χ3n) is 5.62. The van der Waals surface area contributed by atoms with Crippen molar-refractivity contribution in [2.45, 2.75) is 32.4 Å². The molecule has 3 aromatic carbocycles. The van der Waals surface area contributed by atoms with E-state index >= 15 is 0 Å². The number of carboxylic acid groups (broad SMARTS) is 1. The maximum absolute atomic E-state index is 12.9. The van der Waals surface area contributed by atoms with Crippen LogP contribution in [0.5, 0.6) is 11.5 Å². The molecule has 0 unspecified atom stereocenters. The fraction of sp³-hybridized carbons (Fsp3) is 0.214. The molecule has 0 bridgehead atoms. The fourth-order valence-corrected chi connectivity index (χ4v) is 3.74. The topological polar surface area (TPSA) is 77.8 Å². The highest BCUT2D eigenvalue weighted by Crippen LogP contribution is 2.30. The summed E-state index contributed by atoms with van der Waals surface area (Å²) >= 11 is 0. The number of rotatable bonds is 10. The van der Waals surface area contributed by atoms with Gasteiger partial charge in [0.1, 0.15) is 11.5 Å². The third-order valence-corrected chi connectivity index (χ3v) is 5.62. The van der Waals surface area contributed by atoms with Crippen LogP contribution in [0.4, 0.5) is 0 Å². The zero-order chi connectivity index (χ0) is 24.1. The summed E-state index contributed by atoms with van der Waals surface area (Å²) in [7, 11) is 0. The molecule has 4 rings (SSSR count). The molecule has 0 saturated carbocycles. The molecule has 0 fully saturated rings. The summed E-state index contributed by atoms with van der Waals surface area (Å²) in [6, 6.07) is 24.0. The number of nitrogens with zero attached hydrogens (tertiary/aromatic N) is 1. The maximum Gasteiger partial charge on any atom is 0.347 e. The molecule has 0 atom stereocenters. The molecule has 0 aliphatic carbocycles. The van der Waals surface area contributed by atoms with Gasteiger partial charge in [0.05, 0.1) is 17.7 Å². The van der Waals surface area contributed by atoms with Gasteiger partial charge in [-0.15, -0.1) is 0 Å². The Bertz CT molecular complexity index is 1310. The molecule has 0 radical (unpaired) electrons. The first-order valence-electron chi connectivity index (χ1n) is 11.2. The maximum atomic E-state index is 12.9. The number of aromatic nitrogens is 1. The molecule has 174 valence electrons. The van der Waals surface area contributed by atoms with Crippen molar-refractivity contribution < 1.29 is 24.2 Å². The molecule has 6 nitrogen and oxygen atoms in total. The lowest BCUT2D eigenvalue weighted by atomic mass is 10.0. The number of carbonyl (C=O) groups excluding carboxylic acids is 1. The van der Waals surface area contributed by atoms with Crippen molar-refractivity contribution in [2.24, 2.45) is 0 Å². The summed E-state index contributed by atoms with van der Waals surface area (Å²) < 4.78 is 13.8. The van der Waals surface area contributed by atoms with Crippen molar-refractivity contribution in [1.82, 2.24) is 4.57 Å². The predicted molar refractivity (Wildman–Crippen MR) is 131 cm³/mol. The van der Waals surface area contributed by atoms with Crippen molar-refractivity contribution in [3.05, 3.63) is 96.2 Å². The number of fused-ring (bicyclic) bond motifs is 1. The minimum atomic E-state index is -1.32. The Morgan fingerprint density at radius 2 is 1.59 bits per heavy atom. The molecular weight excluding hydrogens is 430 g/mol. The lowest BCUT2D eigenvalue weighted by Crippen LogP contribution is -2.37. The van der Waals surface area contributed by atoms with Gasteiger partial charge in [0, 0.05) is 23.7 Å². The van der Waals surface area contributed by atoms with Crippen LogP contribution in [-0.2, 0) is 11.3 Å². The molecule has 1 heterocycles. The van der Waals surface area contributed by atoms with Crippen LogP contribution in [0.1, 0.15) is 36.2 Å². The summed E-state index contributed by atoms with van der Waals surface area (Å²) in [5.74, 6) is 0.0186. The minimum absolute atomic E-state index is 0.0654. The van der Waals surface area contributed by atoms with Gasteiger partial charge in [0.2, 0.25) is 0 Å². The zero-order valence-corrected chi connectivity index (χ0v) is 19.2. The van der Waals surface area contributed by atoms with E-state index in [9.17, 15) is 14.7 Å². The quantitative estimate of drug-likeness (QED) is 0.248. The van der Waals surface area contributed by atoms with Gasteiger partial charge >= 0.3 is 5.97 Å². The van der Waals surface area contributed by atoms with Crippen molar-refractivity contribution in [3.63, 3.8) is 0 Å². The average Bonchev–Trinajstić information content (AvgIpc) is 3.26. The van der Waals surface area contributed by atoms with Crippen LogP contribution < -0.4 is 9.47 Å². The predicted octanol–water partition coefficient (Wildman–Crippen LogP) is 5.58. The SMILES string of the molecule is CC(C)(Oc1cccc2c1ccn2CCCOc1ccccc1C(=O)c1ccccc1)C(=O)O. The Kier molecular flexibility index (Phi) is 6.68. The minimum Gasteiger partial charge on any atom is -0.493 e. The van der Waals surface area contributed by atoms with Crippen LogP contribution >= 0.6 is 0 Å². The van der Waals surface area contributed by atoms with Gasteiger partial charge in [-0.1, -0.05) is 48.5 Å². The number of carbonyl (C=O) groups is 2. The molecular formula is C28H27NO5.